The zero-order valence-corrected chi connectivity index (χ0v) is 22.6. The molecule has 0 radical (unpaired) electrons. The molecular formula is C23H20ClIN2O7S. The van der Waals surface area contributed by atoms with Crippen LogP contribution in [0.15, 0.2) is 35.2 Å². The number of esters is 1. The Morgan fingerprint density at radius 3 is 2.60 bits per heavy atom. The number of ether oxygens (including phenoxy) is 3. The highest BCUT2D eigenvalue weighted by molar-refractivity contribution is 14.1. The first kappa shape index (κ1) is 26.8. The SMILES string of the molecule is COC(=O)COc1c(I)cc(/C=C2\SC(=O)N(CC(=O)Nc3ccc(C)c(Cl)c3)C2=O)cc1OC. The van der Waals surface area contributed by atoms with E-state index in [9.17, 15) is 19.2 Å². The average molecular weight is 631 g/mol. The number of rotatable bonds is 8. The summed E-state index contributed by atoms with van der Waals surface area (Å²) in [5.74, 6) is -0.983. The molecule has 1 aliphatic rings. The second-order valence-corrected chi connectivity index (χ2v) is 9.74. The molecule has 2 aromatic carbocycles. The van der Waals surface area contributed by atoms with E-state index in [0.717, 1.165) is 22.2 Å². The molecular weight excluding hydrogens is 611 g/mol. The van der Waals surface area contributed by atoms with Gasteiger partial charge in [0, 0.05) is 10.7 Å². The zero-order chi connectivity index (χ0) is 25.7. The number of aryl methyl sites for hydroxylation is 1. The van der Waals surface area contributed by atoms with Gasteiger partial charge in [0.2, 0.25) is 5.91 Å². The van der Waals surface area contributed by atoms with Crippen LogP contribution in [0.1, 0.15) is 11.1 Å². The van der Waals surface area contributed by atoms with Gasteiger partial charge in [0.25, 0.3) is 11.1 Å². The molecule has 1 aliphatic heterocycles. The Labute approximate surface area is 224 Å². The molecule has 1 N–H and O–H groups in total. The van der Waals surface area contributed by atoms with Gasteiger partial charge in [-0.05, 0) is 82.7 Å². The van der Waals surface area contributed by atoms with Gasteiger partial charge >= 0.3 is 5.97 Å². The minimum Gasteiger partial charge on any atom is -0.493 e. The van der Waals surface area contributed by atoms with E-state index in [0.29, 0.717) is 31.3 Å². The molecule has 1 saturated heterocycles. The number of nitrogens with zero attached hydrogens (tertiary/aromatic N) is 1. The van der Waals surface area contributed by atoms with E-state index in [1.165, 1.54) is 20.3 Å². The smallest absolute Gasteiger partial charge is 0.343 e. The van der Waals surface area contributed by atoms with Crippen LogP contribution in [-0.2, 0) is 19.1 Å². The Kier molecular flexibility index (Phi) is 9.03. The largest absolute Gasteiger partial charge is 0.493 e. The lowest BCUT2D eigenvalue weighted by molar-refractivity contribution is -0.143. The molecule has 3 rings (SSSR count). The highest BCUT2D eigenvalue weighted by Gasteiger charge is 2.36. The number of anilines is 1. The van der Waals surface area contributed by atoms with E-state index in [-0.39, 0.29) is 11.5 Å². The first-order chi connectivity index (χ1) is 16.6. The number of carbonyl (C=O) groups excluding carboxylic acids is 4. The van der Waals surface area contributed by atoms with E-state index in [1.807, 2.05) is 29.5 Å². The van der Waals surface area contributed by atoms with Crippen LogP contribution in [-0.4, -0.2) is 55.3 Å². The van der Waals surface area contributed by atoms with Gasteiger partial charge in [-0.2, -0.15) is 0 Å². The number of methoxy groups -OCH3 is 2. The highest BCUT2D eigenvalue weighted by Crippen LogP contribution is 2.37. The first-order valence-electron chi connectivity index (χ1n) is 10.0. The summed E-state index contributed by atoms with van der Waals surface area (Å²) in [6.07, 6.45) is 1.53. The fourth-order valence-electron chi connectivity index (χ4n) is 2.96. The Hall–Kier alpha value is -2.77. The number of nitrogens with one attached hydrogen (secondary N) is 1. The van der Waals surface area contributed by atoms with Crippen molar-refractivity contribution in [1.29, 1.82) is 0 Å². The quantitative estimate of drug-likeness (QED) is 0.258. The van der Waals surface area contributed by atoms with Crippen molar-refractivity contribution in [3.8, 4) is 11.5 Å². The predicted octanol–water partition coefficient (Wildman–Crippen LogP) is 4.49. The van der Waals surface area contributed by atoms with Crippen molar-refractivity contribution in [3.63, 3.8) is 0 Å². The maximum Gasteiger partial charge on any atom is 0.343 e. The molecule has 0 aromatic heterocycles. The second-order valence-electron chi connectivity index (χ2n) is 7.18. The number of amides is 3. The van der Waals surface area contributed by atoms with Crippen molar-refractivity contribution in [2.75, 3.05) is 32.7 Å². The number of halogens is 2. The molecule has 0 saturated carbocycles. The van der Waals surface area contributed by atoms with Crippen LogP contribution in [0.25, 0.3) is 6.08 Å². The predicted molar refractivity (Wildman–Crippen MR) is 141 cm³/mol. The molecule has 3 amide bonds. The Bertz CT molecular complexity index is 1230. The van der Waals surface area contributed by atoms with E-state index >= 15 is 0 Å². The standard InChI is InChI=1S/C23H20ClIN2O7S/c1-12-4-5-14(9-15(12)24)26-19(28)10-27-22(30)18(35-23(27)31)8-13-6-16(25)21(17(7-13)32-2)34-11-20(29)33-3/h4-9H,10-11H2,1-3H3,(H,26,28)/b18-8-. The second kappa shape index (κ2) is 11.8. The van der Waals surface area contributed by atoms with E-state index < -0.39 is 29.6 Å². The highest BCUT2D eigenvalue weighted by atomic mass is 127. The Balaban J connectivity index is 1.74. The Morgan fingerprint density at radius 2 is 1.94 bits per heavy atom. The topological polar surface area (TPSA) is 111 Å². The molecule has 35 heavy (non-hydrogen) atoms. The van der Waals surface area contributed by atoms with Crippen LogP contribution in [0.3, 0.4) is 0 Å². The lowest BCUT2D eigenvalue weighted by Gasteiger charge is -2.13. The van der Waals surface area contributed by atoms with Crippen molar-refractivity contribution >= 4 is 80.7 Å². The number of thioether (sulfide) groups is 1. The number of imide groups is 1. The van der Waals surface area contributed by atoms with E-state index in [1.54, 1.807) is 30.3 Å². The van der Waals surface area contributed by atoms with Crippen molar-refractivity contribution < 1.29 is 33.4 Å². The van der Waals surface area contributed by atoms with Gasteiger partial charge < -0.3 is 19.5 Å². The molecule has 1 fully saturated rings. The Morgan fingerprint density at radius 1 is 1.20 bits per heavy atom. The average Bonchev–Trinajstić information content (AvgIpc) is 3.07. The van der Waals surface area contributed by atoms with Gasteiger partial charge in [-0.25, -0.2) is 4.79 Å². The minimum absolute atomic E-state index is 0.155. The van der Waals surface area contributed by atoms with Gasteiger partial charge in [0.1, 0.15) is 6.54 Å². The molecule has 0 bridgehead atoms. The van der Waals surface area contributed by atoms with Crippen LogP contribution in [0.4, 0.5) is 10.5 Å². The van der Waals surface area contributed by atoms with Crippen molar-refractivity contribution in [3.05, 3.63) is 55.0 Å². The van der Waals surface area contributed by atoms with Gasteiger partial charge in [-0.3, -0.25) is 19.3 Å². The number of hydrogen-bond acceptors (Lipinski definition) is 8. The summed E-state index contributed by atoms with van der Waals surface area (Å²) in [7, 11) is 2.69. The maximum atomic E-state index is 12.8. The van der Waals surface area contributed by atoms with Gasteiger partial charge in [-0.15, -0.1) is 0 Å². The third-order valence-electron chi connectivity index (χ3n) is 4.74. The molecule has 1 heterocycles. The summed E-state index contributed by atoms with van der Waals surface area (Å²) in [4.78, 5) is 50.1. The molecule has 0 unspecified atom stereocenters. The van der Waals surface area contributed by atoms with Crippen LogP contribution < -0.4 is 14.8 Å². The fourth-order valence-corrected chi connectivity index (χ4v) is 4.76. The first-order valence-corrected chi connectivity index (χ1v) is 12.3. The van der Waals surface area contributed by atoms with Crippen LogP contribution in [0, 0.1) is 10.5 Å². The number of carbonyl (C=O) groups is 4. The van der Waals surface area contributed by atoms with Crippen molar-refractivity contribution in [2.45, 2.75) is 6.92 Å². The van der Waals surface area contributed by atoms with Crippen molar-refractivity contribution in [2.24, 2.45) is 0 Å². The van der Waals surface area contributed by atoms with Crippen molar-refractivity contribution in [1.82, 2.24) is 4.90 Å². The van der Waals surface area contributed by atoms with E-state index in [4.69, 9.17) is 21.1 Å². The summed E-state index contributed by atoms with van der Waals surface area (Å²) in [5, 5.41) is 2.56. The molecule has 9 nitrogen and oxygen atoms in total. The molecule has 0 atom stereocenters. The van der Waals surface area contributed by atoms with Gasteiger partial charge in [0.15, 0.2) is 18.1 Å². The molecule has 12 heteroatoms. The molecule has 0 aliphatic carbocycles. The van der Waals surface area contributed by atoms with Gasteiger partial charge in [0.05, 0.1) is 22.7 Å². The molecule has 2 aromatic rings. The number of benzene rings is 2. The molecule has 0 spiro atoms. The summed E-state index contributed by atoms with van der Waals surface area (Å²) in [5.41, 5.74) is 1.89. The van der Waals surface area contributed by atoms with Crippen LogP contribution >= 0.6 is 46.0 Å². The zero-order valence-electron chi connectivity index (χ0n) is 18.8. The monoisotopic (exact) mass is 630 g/mol. The normalized spacial score (nSPS) is 14.3. The maximum absolute atomic E-state index is 12.8. The molecule has 184 valence electrons. The summed E-state index contributed by atoms with van der Waals surface area (Å²) in [6.45, 7) is 1.10. The third-order valence-corrected chi connectivity index (χ3v) is 6.86. The summed E-state index contributed by atoms with van der Waals surface area (Å²) >= 11 is 8.81. The lowest BCUT2D eigenvalue weighted by Crippen LogP contribution is -2.36. The van der Waals surface area contributed by atoms with Crippen LogP contribution in [0.2, 0.25) is 5.02 Å². The summed E-state index contributed by atoms with van der Waals surface area (Å²) in [6, 6.07) is 8.34. The minimum atomic E-state index is -0.586. The van der Waals surface area contributed by atoms with Crippen LogP contribution in [0.5, 0.6) is 11.5 Å². The third kappa shape index (κ3) is 6.67. The number of hydrogen-bond donors (Lipinski definition) is 1. The fraction of sp³-hybridized carbons (Fsp3) is 0.217. The van der Waals surface area contributed by atoms with Gasteiger partial charge in [-0.1, -0.05) is 17.7 Å². The van der Waals surface area contributed by atoms with E-state index in [2.05, 4.69) is 10.1 Å². The lowest BCUT2D eigenvalue weighted by atomic mass is 10.2. The summed E-state index contributed by atoms with van der Waals surface area (Å²) < 4.78 is 16.0.